The Morgan fingerprint density at radius 1 is 1.29 bits per heavy atom. The van der Waals surface area contributed by atoms with E-state index in [2.05, 4.69) is 17.1 Å². The maximum absolute atomic E-state index is 5.29. The van der Waals surface area contributed by atoms with E-state index in [1.54, 1.807) is 0 Å². The van der Waals surface area contributed by atoms with Gasteiger partial charge in [-0.1, -0.05) is 26.2 Å². The van der Waals surface area contributed by atoms with Crippen molar-refractivity contribution in [2.45, 2.75) is 57.0 Å². The minimum absolute atomic E-state index is 0.447. The minimum atomic E-state index is 0.447. The zero-order valence-corrected chi connectivity index (χ0v) is 11.5. The standard InChI is InChI=1S/C14H28N2O/c1-3-13-11-16(9-10-17-2)14(12-15-13)7-5-4-6-8-14/h13,15H,3-12H2,1-2H3. The molecule has 0 bridgehead atoms. The van der Waals surface area contributed by atoms with Crippen molar-refractivity contribution in [1.29, 1.82) is 0 Å². The number of hydrogen-bond donors (Lipinski definition) is 1. The molecule has 1 aliphatic carbocycles. The van der Waals surface area contributed by atoms with E-state index in [0.717, 1.165) is 13.2 Å². The fourth-order valence-corrected chi connectivity index (χ4v) is 3.48. The topological polar surface area (TPSA) is 24.5 Å². The molecule has 3 heteroatoms. The molecule has 1 saturated heterocycles. The predicted molar refractivity (Wildman–Crippen MR) is 71.3 cm³/mol. The number of piperazine rings is 1. The third kappa shape index (κ3) is 3.01. The second-order valence-corrected chi connectivity index (χ2v) is 5.71. The van der Waals surface area contributed by atoms with Crippen molar-refractivity contribution in [3.8, 4) is 0 Å². The van der Waals surface area contributed by atoms with Gasteiger partial charge in [0.2, 0.25) is 0 Å². The maximum Gasteiger partial charge on any atom is 0.0589 e. The SMILES string of the molecule is CCC1CN(CCOC)C2(CCCCC2)CN1. The first-order valence-electron chi connectivity index (χ1n) is 7.28. The van der Waals surface area contributed by atoms with Crippen molar-refractivity contribution in [2.75, 3.05) is 33.4 Å². The molecule has 1 spiro atoms. The number of nitrogens with zero attached hydrogens (tertiary/aromatic N) is 1. The summed E-state index contributed by atoms with van der Waals surface area (Å²) < 4.78 is 5.29. The molecule has 100 valence electrons. The largest absolute Gasteiger partial charge is 0.383 e. The number of rotatable bonds is 4. The molecule has 0 aromatic carbocycles. The molecule has 1 heterocycles. The second-order valence-electron chi connectivity index (χ2n) is 5.71. The summed E-state index contributed by atoms with van der Waals surface area (Å²) in [4.78, 5) is 2.72. The number of ether oxygens (including phenoxy) is 1. The van der Waals surface area contributed by atoms with Gasteiger partial charge in [-0.15, -0.1) is 0 Å². The lowest BCUT2D eigenvalue weighted by Gasteiger charge is -2.52. The maximum atomic E-state index is 5.29. The molecule has 1 saturated carbocycles. The van der Waals surface area contributed by atoms with Crippen LogP contribution in [0.25, 0.3) is 0 Å². The van der Waals surface area contributed by atoms with Crippen LogP contribution in [-0.2, 0) is 4.74 Å². The molecule has 2 rings (SSSR count). The minimum Gasteiger partial charge on any atom is -0.383 e. The normalized spacial score (nSPS) is 29.6. The Hall–Kier alpha value is -0.120. The summed E-state index contributed by atoms with van der Waals surface area (Å²) in [5, 5.41) is 3.75. The van der Waals surface area contributed by atoms with E-state index in [1.807, 2.05) is 7.11 Å². The van der Waals surface area contributed by atoms with Crippen molar-refractivity contribution in [2.24, 2.45) is 0 Å². The van der Waals surface area contributed by atoms with Gasteiger partial charge in [-0.05, 0) is 19.3 Å². The van der Waals surface area contributed by atoms with Gasteiger partial charge in [-0.2, -0.15) is 0 Å². The van der Waals surface area contributed by atoms with Crippen molar-refractivity contribution in [3.05, 3.63) is 0 Å². The van der Waals surface area contributed by atoms with Crippen LogP contribution in [-0.4, -0.2) is 49.8 Å². The molecule has 2 fully saturated rings. The predicted octanol–water partition coefficient (Wildman–Crippen LogP) is 2.02. The number of hydrogen-bond acceptors (Lipinski definition) is 3. The van der Waals surface area contributed by atoms with E-state index in [1.165, 1.54) is 51.6 Å². The third-order valence-electron chi connectivity index (χ3n) is 4.67. The van der Waals surface area contributed by atoms with Gasteiger partial charge >= 0.3 is 0 Å². The fraction of sp³-hybridized carbons (Fsp3) is 1.00. The lowest BCUT2D eigenvalue weighted by Crippen LogP contribution is -2.65. The van der Waals surface area contributed by atoms with Crippen LogP contribution in [0.5, 0.6) is 0 Å². The Morgan fingerprint density at radius 2 is 2.06 bits per heavy atom. The molecule has 0 radical (unpaired) electrons. The van der Waals surface area contributed by atoms with Gasteiger partial charge in [-0.25, -0.2) is 0 Å². The summed E-state index contributed by atoms with van der Waals surface area (Å²) >= 11 is 0. The first-order valence-corrected chi connectivity index (χ1v) is 7.28. The first-order chi connectivity index (χ1) is 8.30. The van der Waals surface area contributed by atoms with E-state index in [9.17, 15) is 0 Å². The second kappa shape index (κ2) is 6.17. The number of nitrogens with one attached hydrogen (secondary N) is 1. The molecule has 0 aromatic rings. The zero-order valence-electron chi connectivity index (χ0n) is 11.5. The molecule has 0 aromatic heterocycles. The molecule has 1 aliphatic heterocycles. The Bertz CT molecular complexity index is 226. The molecule has 17 heavy (non-hydrogen) atoms. The van der Waals surface area contributed by atoms with Gasteiger partial charge in [-0.3, -0.25) is 4.90 Å². The van der Waals surface area contributed by atoms with E-state index >= 15 is 0 Å². The highest BCUT2D eigenvalue weighted by atomic mass is 16.5. The van der Waals surface area contributed by atoms with Crippen LogP contribution in [0.4, 0.5) is 0 Å². The summed E-state index contributed by atoms with van der Waals surface area (Å²) in [5.74, 6) is 0. The van der Waals surface area contributed by atoms with Crippen molar-refractivity contribution in [3.63, 3.8) is 0 Å². The van der Waals surface area contributed by atoms with Crippen molar-refractivity contribution < 1.29 is 4.74 Å². The Morgan fingerprint density at radius 3 is 2.71 bits per heavy atom. The summed E-state index contributed by atoms with van der Waals surface area (Å²) in [7, 11) is 1.81. The third-order valence-corrected chi connectivity index (χ3v) is 4.67. The zero-order chi connectivity index (χ0) is 12.1. The van der Waals surface area contributed by atoms with Gasteiger partial charge in [0, 0.05) is 38.3 Å². The molecular formula is C14H28N2O. The molecule has 1 unspecified atom stereocenters. The van der Waals surface area contributed by atoms with E-state index in [4.69, 9.17) is 4.74 Å². The number of methoxy groups -OCH3 is 1. The van der Waals surface area contributed by atoms with Crippen LogP contribution in [0, 0.1) is 0 Å². The monoisotopic (exact) mass is 240 g/mol. The lowest BCUT2D eigenvalue weighted by molar-refractivity contribution is -0.00605. The van der Waals surface area contributed by atoms with Crippen LogP contribution >= 0.6 is 0 Å². The average Bonchev–Trinajstić information content (AvgIpc) is 2.39. The quantitative estimate of drug-likeness (QED) is 0.813. The summed E-state index contributed by atoms with van der Waals surface area (Å²) in [6.07, 6.45) is 8.22. The van der Waals surface area contributed by atoms with Gasteiger partial charge in [0.1, 0.15) is 0 Å². The summed E-state index contributed by atoms with van der Waals surface area (Å²) in [6.45, 7) is 6.66. The van der Waals surface area contributed by atoms with Crippen LogP contribution in [0.2, 0.25) is 0 Å². The highest BCUT2D eigenvalue weighted by Crippen LogP contribution is 2.35. The lowest BCUT2D eigenvalue weighted by atomic mass is 9.78. The van der Waals surface area contributed by atoms with Gasteiger partial charge < -0.3 is 10.1 Å². The van der Waals surface area contributed by atoms with Gasteiger partial charge in [0.15, 0.2) is 0 Å². The van der Waals surface area contributed by atoms with Crippen LogP contribution in [0.3, 0.4) is 0 Å². The molecular weight excluding hydrogens is 212 g/mol. The van der Waals surface area contributed by atoms with Gasteiger partial charge in [0.05, 0.1) is 6.61 Å². The highest BCUT2D eigenvalue weighted by Gasteiger charge is 2.41. The average molecular weight is 240 g/mol. The molecule has 2 aliphatic rings. The van der Waals surface area contributed by atoms with E-state index < -0.39 is 0 Å². The highest BCUT2D eigenvalue weighted by molar-refractivity contribution is 5.00. The summed E-state index contributed by atoms with van der Waals surface area (Å²) in [5.41, 5.74) is 0.447. The Balaban J connectivity index is 2.01. The van der Waals surface area contributed by atoms with Crippen molar-refractivity contribution >= 4 is 0 Å². The summed E-state index contributed by atoms with van der Waals surface area (Å²) in [6, 6.07) is 0.680. The fourth-order valence-electron chi connectivity index (χ4n) is 3.48. The molecule has 0 amide bonds. The molecule has 3 nitrogen and oxygen atoms in total. The van der Waals surface area contributed by atoms with Crippen LogP contribution in [0.1, 0.15) is 45.4 Å². The van der Waals surface area contributed by atoms with Crippen LogP contribution in [0.15, 0.2) is 0 Å². The molecule has 1 atom stereocenters. The Labute approximate surface area is 106 Å². The first kappa shape index (κ1) is 13.3. The van der Waals surface area contributed by atoms with Crippen molar-refractivity contribution in [1.82, 2.24) is 10.2 Å². The molecule has 1 N–H and O–H groups in total. The van der Waals surface area contributed by atoms with Gasteiger partial charge in [0.25, 0.3) is 0 Å². The van der Waals surface area contributed by atoms with Crippen LogP contribution < -0.4 is 5.32 Å². The van der Waals surface area contributed by atoms with E-state index in [-0.39, 0.29) is 0 Å². The Kier molecular flexibility index (Phi) is 4.83. The van der Waals surface area contributed by atoms with E-state index in [0.29, 0.717) is 11.6 Å². The smallest absolute Gasteiger partial charge is 0.0589 e.